The van der Waals surface area contributed by atoms with Gasteiger partial charge in [0.05, 0.1) is 23.9 Å². The minimum Gasteiger partial charge on any atom is -0.375 e. The first-order chi connectivity index (χ1) is 16.8. The van der Waals surface area contributed by atoms with E-state index in [0.717, 1.165) is 42.8 Å². The lowest BCUT2D eigenvalue weighted by molar-refractivity contribution is -0.133. The van der Waals surface area contributed by atoms with Crippen molar-refractivity contribution in [2.75, 3.05) is 31.3 Å². The van der Waals surface area contributed by atoms with Crippen molar-refractivity contribution in [3.05, 3.63) is 42.1 Å². The van der Waals surface area contributed by atoms with Gasteiger partial charge in [-0.15, -0.1) is 12.4 Å². The maximum Gasteiger partial charge on any atom is 0.246 e. The molecular formula is C27H42ClN3O4S. The summed E-state index contributed by atoms with van der Waals surface area (Å²) in [5.74, 6) is -0.833. The zero-order chi connectivity index (χ0) is 25.4. The fourth-order valence-electron chi connectivity index (χ4n) is 5.29. The van der Waals surface area contributed by atoms with E-state index in [1.54, 1.807) is 11.0 Å². The van der Waals surface area contributed by atoms with Gasteiger partial charge in [0.25, 0.3) is 0 Å². The zero-order valence-electron chi connectivity index (χ0n) is 21.9. The fraction of sp³-hybridized carbons (Fsp3) is 0.630. The second kappa shape index (κ2) is 14.0. The maximum absolute atomic E-state index is 13.0. The standard InChI is InChI=1S/C27H41N3O4S.ClH/c1-4-15-23-26-24(30(27(23)32)35(3,33)34)19-21-29(26)25(31)18-13-8-6-5-7-9-14-20-28(2)22-16-11-10-12-17-22;/h10-12,16-17,19,23,26H,4-9,13-15,18,20-21H2,1-3H3;1H/t23-,26-;/m1./s1. The fourth-order valence-corrected chi connectivity index (χ4v) is 6.32. The minimum absolute atomic E-state index is 0. The quantitative estimate of drug-likeness (QED) is 0.312. The number of benzene rings is 1. The van der Waals surface area contributed by atoms with Crippen LogP contribution in [0.15, 0.2) is 42.1 Å². The number of sulfonamides is 1. The Morgan fingerprint density at radius 3 is 2.25 bits per heavy atom. The van der Waals surface area contributed by atoms with E-state index in [1.807, 2.05) is 13.0 Å². The number of carbonyl (C=O) groups is 2. The average Bonchev–Trinajstić information content (AvgIpc) is 3.36. The summed E-state index contributed by atoms with van der Waals surface area (Å²) < 4.78 is 25.3. The molecule has 2 amide bonds. The molecule has 2 heterocycles. The predicted octanol–water partition coefficient (Wildman–Crippen LogP) is 4.98. The van der Waals surface area contributed by atoms with E-state index in [4.69, 9.17) is 0 Å². The Labute approximate surface area is 223 Å². The van der Waals surface area contributed by atoms with E-state index in [2.05, 4.69) is 36.2 Å². The van der Waals surface area contributed by atoms with Gasteiger partial charge in [-0.2, -0.15) is 0 Å². The molecule has 1 aromatic carbocycles. The maximum atomic E-state index is 13.0. The highest BCUT2D eigenvalue weighted by atomic mass is 35.5. The first-order valence-corrected chi connectivity index (χ1v) is 14.9. The molecule has 2 aliphatic rings. The number of rotatable bonds is 14. The number of amides is 2. The zero-order valence-corrected chi connectivity index (χ0v) is 23.5. The van der Waals surface area contributed by atoms with Crippen molar-refractivity contribution in [1.82, 2.24) is 9.21 Å². The van der Waals surface area contributed by atoms with Gasteiger partial charge in [0, 0.05) is 32.2 Å². The summed E-state index contributed by atoms with van der Waals surface area (Å²) in [6, 6.07) is 10.0. The Balaban J connectivity index is 0.00000456. The average molecular weight is 540 g/mol. The number of anilines is 1. The van der Waals surface area contributed by atoms with Crippen LogP contribution in [-0.2, 0) is 19.6 Å². The van der Waals surface area contributed by atoms with Crippen LogP contribution in [0.2, 0.25) is 0 Å². The molecule has 1 saturated heterocycles. The highest BCUT2D eigenvalue weighted by Crippen LogP contribution is 2.40. The van der Waals surface area contributed by atoms with Gasteiger partial charge in [-0.3, -0.25) is 9.59 Å². The number of hydrogen-bond donors (Lipinski definition) is 0. The van der Waals surface area contributed by atoms with Gasteiger partial charge in [0.15, 0.2) is 0 Å². The third-order valence-electron chi connectivity index (χ3n) is 7.10. The summed E-state index contributed by atoms with van der Waals surface area (Å²) >= 11 is 0. The Morgan fingerprint density at radius 1 is 1.03 bits per heavy atom. The van der Waals surface area contributed by atoms with E-state index in [-0.39, 0.29) is 18.3 Å². The van der Waals surface area contributed by atoms with Gasteiger partial charge >= 0.3 is 0 Å². The van der Waals surface area contributed by atoms with Crippen LogP contribution in [0, 0.1) is 5.92 Å². The van der Waals surface area contributed by atoms with Crippen LogP contribution >= 0.6 is 12.4 Å². The van der Waals surface area contributed by atoms with E-state index < -0.39 is 27.9 Å². The molecule has 9 heteroatoms. The van der Waals surface area contributed by atoms with Crippen molar-refractivity contribution in [2.45, 2.75) is 77.2 Å². The van der Waals surface area contributed by atoms with Gasteiger partial charge in [-0.05, 0) is 37.5 Å². The van der Waals surface area contributed by atoms with Crippen molar-refractivity contribution in [1.29, 1.82) is 0 Å². The molecule has 0 N–H and O–H groups in total. The lowest BCUT2D eigenvalue weighted by atomic mass is 9.95. The lowest BCUT2D eigenvalue weighted by Gasteiger charge is -2.27. The molecule has 2 atom stereocenters. The van der Waals surface area contributed by atoms with Crippen LogP contribution in [-0.4, -0.2) is 61.9 Å². The largest absolute Gasteiger partial charge is 0.375 e. The number of carbonyl (C=O) groups excluding carboxylic acids is 2. The minimum atomic E-state index is -3.68. The molecule has 0 radical (unpaired) electrons. The van der Waals surface area contributed by atoms with Crippen molar-refractivity contribution in [3.63, 3.8) is 0 Å². The molecule has 0 aliphatic carbocycles. The molecule has 36 heavy (non-hydrogen) atoms. The summed E-state index contributed by atoms with van der Waals surface area (Å²) in [5, 5.41) is 0. The number of para-hydroxylation sites is 1. The first kappa shape index (κ1) is 30.2. The van der Waals surface area contributed by atoms with Crippen LogP contribution < -0.4 is 4.90 Å². The smallest absolute Gasteiger partial charge is 0.246 e. The molecular weight excluding hydrogens is 498 g/mol. The molecule has 3 rings (SSSR count). The molecule has 0 unspecified atom stereocenters. The summed E-state index contributed by atoms with van der Waals surface area (Å²) in [4.78, 5) is 29.8. The Morgan fingerprint density at radius 2 is 1.64 bits per heavy atom. The van der Waals surface area contributed by atoms with Gasteiger partial charge < -0.3 is 9.80 Å². The van der Waals surface area contributed by atoms with E-state index in [9.17, 15) is 18.0 Å². The number of unbranched alkanes of at least 4 members (excludes halogenated alkanes) is 6. The van der Waals surface area contributed by atoms with Gasteiger partial charge in [0.2, 0.25) is 21.8 Å². The summed E-state index contributed by atoms with van der Waals surface area (Å²) in [6.45, 7) is 3.42. The van der Waals surface area contributed by atoms with E-state index in [0.29, 0.717) is 25.1 Å². The third-order valence-corrected chi connectivity index (χ3v) is 8.16. The SMILES string of the molecule is CCC[C@H]1C(=O)N(S(C)(=O)=O)C2=CCN(C(=O)CCCCCCCCCN(C)c3ccccc3)[C@@H]21.Cl. The highest BCUT2D eigenvalue weighted by molar-refractivity contribution is 7.89. The molecule has 7 nitrogen and oxygen atoms in total. The Kier molecular flexibility index (Phi) is 11.8. The normalized spacial score (nSPS) is 19.2. The van der Waals surface area contributed by atoms with E-state index in [1.165, 1.54) is 31.4 Å². The molecule has 1 fully saturated rings. The second-order valence-corrected chi connectivity index (χ2v) is 11.7. The summed E-state index contributed by atoms with van der Waals surface area (Å²) in [6.07, 6.45) is 12.3. The molecule has 2 aliphatic heterocycles. The Hall–Kier alpha value is -2.06. The summed E-state index contributed by atoms with van der Waals surface area (Å²) in [7, 11) is -1.55. The van der Waals surface area contributed by atoms with E-state index >= 15 is 0 Å². The van der Waals surface area contributed by atoms with Crippen molar-refractivity contribution >= 4 is 39.9 Å². The van der Waals surface area contributed by atoms with Crippen LogP contribution in [0.4, 0.5) is 5.69 Å². The van der Waals surface area contributed by atoms with Crippen LogP contribution in [0.3, 0.4) is 0 Å². The van der Waals surface area contributed by atoms with Crippen LogP contribution in [0.25, 0.3) is 0 Å². The number of fused-ring (bicyclic) bond motifs is 1. The Bertz CT molecular complexity index is 1000. The predicted molar refractivity (Wildman–Crippen MR) is 148 cm³/mol. The van der Waals surface area contributed by atoms with Crippen molar-refractivity contribution < 1.29 is 18.0 Å². The molecule has 202 valence electrons. The second-order valence-electron chi connectivity index (χ2n) is 9.86. The molecule has 1 aromatic rings. The van der Waals surface area contributed by atoms with Crippen LogP contribution in [0.5, 0.6) is 0 Å². The number of hydrogen-bond acceptors (Lipinski definition) is 5. The molecule has 0 saturated carbocycles. The highest BCUT2D eigenvalue weighted by Gasteiger charge is 2.53. The molecule has 0 bridgehead atoms. The van der Waals surface area contributed by atoms with Crippen LogP contribution in [0.1, 0.15) is 71.1 Å². The van der Waals surface area contributed by atoms with Crippen molar-refractivity contribution in [3.8, 4) is 0 Å². The summed E-state index contributed by atoms with van der Waals surface area (Å²) in [5.41, 5.74) is 1.73. The van der Waals surface area contributed by atoms with Gasteiger partial charge in [-0.1, -0.05) is 63.6 Å². The van der Waals surface area contributed by atoms with Gasteiger partial charge in [0.1, 0.15) is 0 Å². The van der Waals surface area contributed by atoms with Gasteiger partial charge in [-0.25, -0.2) is 12.7 Å². The lowest BCUT2D eigenvalue weighted by Crippen LogP contribution is -2.41. The molecule has 0 spiro atoms. The number of nitrogens with zero attached hydrogens (tertiary/aromatic N) is 3. The third kappa shape index (κ3) is 7.48. The molecule has 0 aromatic heterocycles. The topological polar surface area (TPSA) is 78.0 Å². The number of halogens is 1. The monoisotopic (exact) mass is 539 g/mol. The van der Waals surface area contributed by atoms with Crippen molar-refractivity contribution in [2.24, 2.45) is 5.92 Å². The first-order valence-electron chi connectivity index (χ1n) is 13.1.